The summed E-state index contributed by atoms with van der Waals surface area (Å²) in [6.07, 6.45) is -4.39. The minimum absolute atomic E-state index is 0.0474. The van der Waals surface area contributed by atoms with E-state index in [2.05, 4.69) is 20.9 Å². The molecule has 0 spiro atoms. The summed E-state index contributed by atoms with van der Waals surface area (Å²) >= 11 is 3.07. The molecule has 0 aliphatic heterocycles. The summed E-state index contributed by atoms with van der Waals surface area (Å²) in [5, 5.41) is 0.223. The van der Waals surface area contributed by atoms with Gasteiger partial charge in [-0.15, -0.1) is 0 Å². The Morgan fingerprint density at radius 2 is 2.16 bits per heavy atom. The molecular weight excluding hydrogens is 328 g/mol. The Balaban J connectivity index is 2.63. The van der Waals surface area contributed by atoms with Crippen molar-refractivity contribution in [2.75, 3.05) is 0 Å². The third kappa shape index (κ3) is 2.80. The number of halogens is 5. The van der Waals surface area contributed by atoms with Crippen molar-refractivity contribution in [3.63, 3.8) is 0 Å². The number of nitrogens with zero attached hydrogens (tertiary/aromatic N) is 2. The van der Waals surface area contributed by atoms with Crippen LogP contribution in [-0.4, -0.2) is 9.55 Å². The van der Waals surface area contributed by atoms with Crippen LogP contribution in [0.15, 0.2) is 24.4 Å². The van der Waals surface area contributed by atoms with E-state index in [1.54, 1.807) is 0 Å². The fraction of sp³-hybridized carbons (Fsp3) is 0.250. The zero-order valence-corrected chi connectivity index (χ0v) is 10.9. The molecule has 2 nitrogen and oxygen atoms in total. The first kappa shape index (κ1) is 10.4. The SMILES string of the molecule is [2H]C([2H])([2H])n1cc(C(F)(F)F)nc1-c1ccc(CBr)c(F)c1. The molecule has 102 valence electrons. The summed E-state index contributed by atoms with van der Waals surface area (Å²) in [6.45, 7) is -2.86. The summed E-state index contributed by atoms with van der Waals surface area (Å²) in [7, 11) is 0. The molecule has 0 amide bonds. The van der Waals surface area contributed by atoms with Crippen LogP contribution in [0.4, 0.5) is 17.6 Å². The van der Waals surface area contributed by atoms with E-state index >= 15 is 0 Å². The average molecular weight is 340 g/mol. The smallest absolute Gasteiger partial charge is 0.333 e. The van der Waals surface area contributed by atoms with Crippen molar-refractivity contribution in [3.8, 4) is 11.4 Å². The van der Waals surface area contributed by atoms with Gasteiger partial charge in [0.05, 0.1) is 0 Å². The summed E-state index contributed by atoms with van der Waals surface area (Å²) in [5.74, 6) is -1.13. The monoisotopic (exact) mass is 339 g/mol. The summed E-state index contributed by atoms with van der Waals surface area (Å²) in [5.41, 5.74) is -1.09. The van der Waals surface area contributed by atoms with Crippen LogP contribution in [0.2, 0.25) is 0 Å². The van der Waals surface area contributed by atoms with E-state index in [1.807, 2.05) is 0 Å². The highest BCUT2D eigenvalue weighted by atomic mass is 79.9. The molecule has 0 aliphatic carbocycles. The second-order valence-corrected chi connectivity index (χ2v) is 4.32. The zero-order valence-electron chi connectivity index (χ0n) is 12.3. The Morgan fingerprint density at radius 1 is 1.42 bits per heavy atom. The van der Waals surface area contributed by atoms with E-state index in [9.17, 15) is 17.6 Å². The van der Waals surface area contributed by atoms with E-state index in [0.29, 0.717) is 16.3 Å². The lowest BCUT2D eigenvalue weighted by Gasteiger charge is -2.04. The average Bonchev–Trinajstić information content (AvgIpc) is 2.83. The molecule has 19 heavy (non-hydrogen) atoms. The Bertz CT molecular complexity index is 695. The minimum Gasteiger partial charge on any atom is -0.333 e. The van der Waals surface area contributed by atoms with E-state index in [-0.39, 0.29) is 10.9 Å². The number of hydrogen-bond donors (Lipinski definition) is 0. The van der Waals surface area contributed by atoms with Gasteiger partial charge in [-0.3, -0.25) is 0 Å². The van der Waals surface area contributed by atoms with Crippen LogP contribution in [-0.2, 0) is 18.5 Å². The van der Waals surface area contributed by atoms with Gasteiger partial charge in [-0.25, -0.2) is 9.37 Å². The number of hydrogen-bond acceptors (Lipinski definition) is 1. The van der Waals surface area contributed by atoms with Gasteiger partial charge < -0.3 is 4.57 Å². The predicted molar refractivity (Wildman–Crippen MR) is 66.2 cm³/mol. The van der Waals surface area contributed by atoms with Gasteiger partial charge in [-0.05, 0) is 11.6 Å². The van der Waals surface area contributed by atoms with Gasteiger partial charge >= 0.3 is 6.18 Å². The number of alkyl halides is 4. The van der Waals surface area contributed by atoms with Gasteiger partial charge in [0.25, 0.3) is 0 Å². The van der Waals surface area contributed by atoms with Crippen LogP contribution < -0.4 is 0 Å². The Kier molecular flexibility index (Phi) is 2.72. The van der Waals surface area contributed by atoms with Crippen LogP contribution in [0.5, 0.6) is 0 Å². The third-order valence-corrected chi connectivity index (χ3v) is 3.06. The highest BCUT2D eigenvalue weighted by Crippen LogP contribution is 2.31. The quantitative estimate of drug-likeness (QED) is 0.594. The lowest BCUT2D eigenvalue weighted by molar-refractivity contribution is -0.140. The van der Waals surface area contributed by atoms with Crippen molar-refractivity contribution in [1.82, 2.24) is 9.55 Å². The normalized spacial score (nSPS) is 14.9. The molecule has 2 aromatic rings. The van der Waals surface area contributed by atoms with Gasteiger partial charge in [0.15, 0.2) is 5.69 Å². The molecule has 2 rings (SSSR count). The first-order valence-corrected chi connectivity index (χ1v) is 6.18. The molecule has 1 aromatic carbocycles. The zero-order chi connectivity index (χ0) is 16.7. The topological polar surface area (TPSA) is 17.8 Å². The Hall–Kier alpha value is -1.37. The van der Waals surface area contributed by atoms with Crippen molar-refractivity contribution in [3.05, 3.63) is 41.5 Å². The summed E-state index contributed by atoms with van der Waals surface area (Å²) in [4.78, 5) is 3.31. The molecule has 0 unspecified atom stereocenters. The van der Waals surface area contributed by atoms with Crippen LogP contribution in [0, 0.1) is 5.82 Å². The van der Waals surface area contributed by atoms with Crippen molar-refractivity contribution in [2.24, 2.45) is 6.98 Å². The van der Waals surface area contributed by atoms with Gasteiger partial charge in [-0.1, -0.05) is 28.1 Å². The first-order valence-electron chi connectivity index (χ1n) is 6.56. The number of imidazole rings is 1. The molecule has 0 aliphatic rings. The number of aryl methyl sites for hydroxylation is 1. The maximum atomic E-state index is 13.8. The lowest BCUT2D eigenvalue weighted by atomic mass is 10.1. The highest BCUT2D eigenvalue weighted by Gasteiger charge is 2.34. The number of benzene rings is 1. The minimum atomic E-state index is -4.79. The van der Waals surface area contributed by atoms with Crippen molar-refractivity contribution in [1.29, 1.82) is 0 Å². The lowest BCUT2D eigenvalue weighted by Crippen LogP contribution is -2.04. The number of aromatic nitrogens is 2. The number of rotatable bonds is 2. The van der Waals surface area contributed by atoms with Crippen LogP contribution in [0.3, 0.4) is 0 Å². The second kappa shape index (κ2) is 4.96. The molecule has 0 fully saturated rings. The van der Waals surface area contributed by atoms with Gasteiger partial charge in [0, 0.05) is 28.2 Å². The predicted octanol–water partition coefficient (Wildman–Crippen LogP) is 4.14. The van der Waals surface area contributed by atoms with E-state index in [1.165, 1.54) is 12.1 Å². The largest absolute Gasteiger partial charge is 0.434 e. The highest BCUT2D eigenvalue weighted by molar-refractivity contribution is 9.08. The maximum absolute atomic E-state index is 13.8. The summed E-state index contributed by atoms with van der Waals surface area (Å²) < 4.78 is 74.3. The van der Waals surface area contributed by atoms with Crippen molar-refractivity contribution >= 4 is 15.9 Å². The standard InChI is InChI=1S/C12H9BrF4N2/c1-19-6-10(12(15,16)17)18-11(19)7-2-3-8(5-13)9(14)4-7/h2-4,6H,5H2,1H3/i1D3. The summed E-state index contributed by atoms with van der Waals surface area (Å²) in [6, 6.07) is 3.64. The molecule has 0 atom stereocenters. The van der Waals surface area contributed by atoms with E-state index < -0.39 is 30.5 Å². The molecule has 0 bridgehead atoms. The third-order valence-electron chi connectivity index (χ3n) is 2.45. The Labute approximate surface area is 119 Å². The Morgan fingerprint density at radius 3 is 2.68 bits per heavy atom. The molecular formula is C12H9BrF4N2. The maximum Gasteiger partial charge on any atom is 0.434 e. The molecule has 7 heteroatoms. The van der Waals surface area contributed by atoms with Crippen molar-refractivity contribution < 1.29 is 21.7 Å². The van der Waals surface area contributed by atoms with Crippen molar-refractivity contribution in [2.45, 2.75) is 11.5 Å². The van der Waals surface area contributed by atoms with Crippen LogP contribution in [0.25, 0.3) is 11.4 Å². The fourth-order valence-corrected chi connectivity index (χ4v) is 1.97. The molecule has 0 radical (unpaired) electrons. The van der Waals surface area contributed by atoms with E-state index in [4.69, 9.17) is 4.11 Å². The van der Waals surface area contributed by atoms with Gasteiger partial charge in [-0.2, -0.15) is 13.2 Å². The second-order valence-electron chi connectivity index (χ2n) is 3.76. The van der Waals surface area contributed by atoms with Crippen LogP contribution >= 0.6 is 15.9 Å². The molecule has 1 heterocycles. The van der Waals surface area contributed by atoms with Crippen LogP contribution in [0.1, 0.15) is 15.4 Å². The molecule has 0 saturated carbocycles. The van der Waals surface area contributed by atoms with Gasteiger partial charge in [0.2, 0.25) is 0 Å². The fourth-order valence-electron chi connectivity index (χ4n) is 1.52. The first-order chi connectivity index (χ1) is 10.0. The molecule has 0 N–H and O–H groups in total. The van der Waals surface area contributed by atoms with Gasteiger partial charge in [0.1, 0.15) is 11.6 Å². The molecule has 1 aromatic heterocycles. The van der Waals surface area contributed by atoms with E-state index in [0.717, 1.165) is 6.07 Å². The molecule has 0 saturated heterocycles.